The summed E-state index contributed by atoms with van der Waals surface area (Å²) >= 11 is 5.91. The molecule has 0 radical (unpaired) electrons. The molecular formula is C21H22ClN3O3. The van der Waals surface area contributed by atoms with Gasteiger partial charge < -0.3 is 19.4 Å². The molecule has 0 saturated carbocycles. The number of anilines is 1. The van der Waals surface area contributed by atoms with Gasteiger partial charge in [-0.1, -0.05) is 29.8 Å². The second kappa shape index (κ2) is 9.28. The molecule has 1 heterocycles. The third-order valence-electron chi connectivity index (χ3n) is 4.33. The van der Waals surface area contributed by atoms with Crippen molar-refractivity contribution in [1.29, 1.82) is 0 Å². The number of halogens is 1. The van der Waals surface area contributed by atoms with E-state index in [1.165, 1.54) is 0 Å². The van der Waals surface area contributed by atoms with Gasteiger partial charge in [0.25, 0.3) is 5.56 Å². The molecule has 0 saturated heterocycles. The number of ether oxygens (including phenoxy) is 2. The molecule has 6 nitrogen and oxygen atoms in total. The van der Waals surface area contributed by atoms with Gasteiger partial charge in [-0.2, -0.15) is 0 Å². The Hall–Kier alpha value is -2.99. The van der Waals surface area contributed by atoms with E-state index in [1.54, 1.807) is 31.2 Å². The lowest BCUT2D eigenvalue weighted by Gasteiger charge is -2.11. The minimum absolute atomic E-state index is 0.162. The van der Waals surface area contributed by atoms with Crippen LogP contribution in [0.5, 0.6) is 11.5 Å². The highest BCUT2D eigenvalue weighted by atomic mass is 35.5. The summed E-state index contributed by atoms with van der Waals surface area (Å²) in [4.78, 5) is 16.8. The van der Waals surface area contributed by atoms with Crippen molar-refractivity contribution in [3.63, 3.8) is 0 Å². The van der Waals surface area contributed by atoms with Crippen LogP contribution in [0.4, 0.5) is 5.82 Å². The average Bonchev–Trinajstić information content (AvgIpc) is 2.72. The van der Waals surface area contributed by atoms with Gasteiger partial charge in [0.2, 0.25) is 0 Å². The number of nitrogens with zero attached hydrogens (tertiary/aromatic N) is 2. The predicted octanol–water partition coefficient (Wildman–Crippen LogP) is 3.62. The van der Waals surface area contributed by atoms with E-state index in [-0.39, 0.29) is 5.56 Å². The molecule has 28 heavy (non-hydrogen) atoms. The molecule has 0 aliphatic heterocycles. The lowest BCUT2D eigenvalue weighted by molar-refractivity contribution is 0.354. The lowest BCUT2D eigenvalue weighted by Crippen LogP contribution is -2.25. The van der Waals surface area contributed by atoms with Crippen molar-refractivity contribution in [2.75, 3.05) is 26.1 Å². The number of aromatic nitrogens is 2. The predicted molar refractivity (Wildman–Crippen MR) is 111 cm³/mol. The Kier molecular flexibility index (Phi) is 6.55. The number of benzene rings is 2. The first kappa shape index (κ1) is 19.8. The normalized spacial score (nSPS) is 10.5. The van der Waals surface area contributed by atoms with E-state index in [0.717, 1.165) is 11.1 Å². The van der Waals surface area contributed by atoms with Gasteiger partial charge in [-0.15, -0.1) is 0 Å². The van der Waals surface area contributed by atoms with Crippen LogP contribution in [0.15, 0.2) is 59.7 Å². The zero-order chi connectivity index (χ0) is 19.9. The number of hydrogen-bond donors (Lipinski definition) is 1. The van der Waals surface area contributed by atoms with Gasteiger partial charge in [-0.05, 0) is 41.8 Å². The zero-order valence-electron chi connectivity index (χ0n) is 15.8. The molecule has 1 N–H and O–H groups in total. The standard InChI is InChI=1S/C21H22ClN3O3/c1-27-18-8-5-15(13-19(18)28-2)9-10-23-20-21(26)25(12-11-24-20)14-16-3-6-17(22)7-4-16/h3-8,11-13H,9-10,14H2,1-2H3,(H,23,24). The first-order chi connectivity index (χ1) is 13.6. The highest BCUT2D eigenvalue weighted by Crippen LogP contribution is 2.27. The van der Waals surface area contributed by atoms with E-state index >= 15 is 0 Å². The molecule has 0 spiro atoms. The van der Waals surface area contributed by atoms with Crippen LogP contribution < -0.4 is 20.3 Å². The van der Waals surface area contributed by atoms with Crippen LogP contribution in [0.2, 0.25) is 5.02 Å². The lowest BCUT2D eigenvalue weighted by atomic mass is 10.1. The monoisotopic (exact) mass is 399 g/mol. The third-order valence-corrected chi connectivity index (χ3v) is 4.59. The fourth-order valence-corrected chi connectivity index (χ4v) is 2.97. The smallest absolute Gasteiger partial charge is 0.293 e. The molecule has 3 aromatic rings. The Balaban J connectivity index is 1.65. The van der Waals surface area contributed by atoms with E-state index in [2.05, 4.69) is 10.3 Å². The number of nitrogens with one attached hydrogen (secondary N) is 1. The molecule has 1 aromatic heterocycles. The van der Waals surface area contributed by atoms with Gasteiger partial charge >= 0.3 is 0 Å². The maximum absolute atomic E-state index is 12.6. The summed E-state index contributed by atoms with van der Waals surface area (Å²) in [7, 11) is 3.21. The Morgan fingerprint density at radius 3 is 2.46 bits per heavy atom. The SMILES string of the molecule is COc1ccc(CCNc2nccn(Cc3ccc(Cl)cc3)c2=O)cc1OC. The zero-order valence-corrected chi connectivity index (χ0v) is 16.6. The molecule has 146 valence electrons. The van der Waals surface area contributed by atoms with Crippen molar-refractivity contribution in [3.05, 3.63) is 81.4 Å². The summed E-state index contributed by atoms with van der Waals surface area (Å²) < 4.78 is 12.2. The van der Waals surface area contributed by atoms with E-state index in [0.29, 0.717) is 41.8 Å². The summed E-state index contributed by atoms with van der Waals surface area (Å²) in [5, 5.41) is 3.79. The minimum atomic E-state index is -0.162. The Labute approximate surface area is 168 Å². The van der Waals surface area contributed by atoms with Crippen molar-refractivity contribution in [2.45, 2.75) is 13.0 Å². The number of hydrogen-bond acceptors (Lipinski definition) is 5. The summed E-state index contributed by atoms with van der Waals surface area (Å²) in [6.07, 6.45) is 4.01. The topological polar surface area (TPSA) is 65.4 Å². The molecular weight excluding hydrogens is 378 g/mol. The maximum Gasteiger partial charge on any atom is 0.293 e. The number of methoxy groups -OCH3 is 2. The van der Waals surface area contributed by atoms with Crippen molar-refractivity contribution >= 4 is 17.4 Å². The molecule has 0 aliphatic rings. The van der Waals surface area contributed by atoms with Crippen LogP contribution in [-0.2, 0) is 13.0 Å². The summed E-state index contributed by atoms with van der Waals surface area (Å²) in [5.74, 6) is 1.70. The summed E-state index contributed by atoms with van der Waals surface area (Å²) in [6, 6.07) is 13.2. The molecule has 0 bridgehead atoms. The van der Waals surface area contributed by atoms with Crippen LogP contribution in [0.25, 0.3) is 0 Å². The van der Waals surface area contributed by atoms with Gasteiger partial charge in [0.1, 0.15) is 0 Å². The second-order valence-corrected chi connectivity index (χ2v) is 6.64. The van der Waals surface area contributed by atoms with Gasteiger partial charge in [0.05, 0.1) is 20.8 Å². The van der Waals surface area contributed by atoms with E-state index < -0.39 is 0 Å². The molecule has 0 unspecified atom stereocenters. The summed E-state index contributed by atoms with van der Waals surface area (Å²) in [6.45, 7) is 1.03. The largest absolute Gasteiger partial charge is 0.493 e. The van der Waals surface area contributed by atoms with Crippen LogP contribution in [0.1, 0.15) is 11.1 Å². The molecule has 7 heteroatoms. The van der Waals surface area contributed by atoms with Gasteiger partial charge in [-0.3, -0.25) is 4.79 Å². The van der Waals surface area contributed by atoms with E-state index in [1.807, 2.05) is 42.5 Å². The van der Waals surface area contributed by atoms with Gasteiger partial charge in [-0.25, -0.2) is 4.98 Å². The molecule has 0 fully saturated rings. The Morgan fingerprint density at radius 2 is 1.75 bits per heavy atom. The second-order valence-electron chi connectivity index (χ2n) is 6.20. The fourth-order valence-electron chi connectivity index (χ4n) is 2.84. The molecule has 0 amide bonds. The van der Waals surface area contributed by atoms with Crippen molar-refractivity contribution < 1.29 is 9.47 Å². The number of rotatable bonds is 8. The van der Waals surface area contributed by atoms with Crippen molar-refractivity contribution in [1.82, 2.24) is 9.55 Å². The van der Waals surface area contributed by atoms with Crippen molar-refractivity contribution in [3.8, 4) is 11.5 Å². The average molecular weight is 400 g/mol. The van der Waals surface area contributed by atoms with Gasteiger partial charge in [0.15, 0.2) is 17.3 Å². The first-order valence-electron chi connectivity index (χ1n) is 8.85. The minimum Gasteiger partial charge on any atom is -0.493 e. The highest BCUT2D eigenvalue weighted by molar-refractivity contribution is 6.30. The molecule has 2 aromatic carbocycles. The first-order valence-corrected chi connectivity index (χ1v) is 9.23. The van der Waals surface area contributed by atoms with Crippen LogP contribution in [0.3, 0.4) is 0 Å². The van der Waals surface area contributed by atoms with Crippen LogP contribution >= 0.6 is 11.6 Å². The maximum atomic E-state index is 12.6. The van der Waals surface area contributed by atoms with Crippen molar-refractivity contribution in [2.24, 2.45) is 0 Å². The van der Waals surface area contributed by atoms with Crippen LogP contribution in [-0.4, -0.2) is 30.3 Å². The third kappa shape index (κ3) is 4.84. The van der Waals surface area contributed by atoms with Crippen LogP contribution in [0, 0.1) is 0 Å². The Bertz CT molecular complexity index is 987. The van der Waals surface area contributed by atoms with E-state index in [9.17, 15) is 4.79 Å². The quantitative estimate of drug-likeness (QED) is 0.626. The van der Waals surface area contributed by atoms with Gasteiger partial charge in [0, 0.05) is 24.0 Å². The highest BCUT2D eigenvalue weighted by Gasteiger charge is 2.07. The van der Waals surface area contributed by atoms with E-state index in [4.69, 9.17) is 21.1 Å². The fraction of sp³-hybridized carbons (Fsp3) is 0.238. The molecule has 0 atom stereocenters. The Morgan fingerprint density at radius 1 is 1.04 bits per heavy atom. The molecule has 0 aliphatic carbocycles. The molecule has 3 rings (SSSR count). The summed E-state index contributed by atoms with van der Waals surface area (Å²) in [5.41, 5.74) is 1.90.